The molecule has 2 aromatic rings. The molecule has 1 aromatic carbocycles. The van der Waals surface area contributed by atoms with E-state index in [2.05, 4.69) is 10.2 Å². The molecule has 22 heavy (non-hydrogen) atoms. The van der Waals surface area contributed by atoms with E-state index in [1.807, 2.05) is 13.0 Å². The molecule has 114 valence electrons. The second kappa shape index (κ2) is 5.20. The molecule has 2 aliphatic heterocycles. The van der Waals surface area contributed by atoms with Crippen LogP contribution in [-0.2, 0) is 9.53 Å². The van der Waals surface area contributed by atoms with Crippen molar-refractivity contribution >= 4 is 17.7 Å². The lowest BCUT2D eigenvalue weighted by atomic mass is 10.2. The molecule has 2 atom stereocenters. The van der Waals surface area contributed by atoms with Crippen molar-refractivity contribution in [1.29, 1.82) is 0 Å². The minimum Gasteiger partial charge on any atom is -0.462 e. The highest BCUT2D eigenvalue weighted by atomic mass is 32.2. The van der Waals surface area contributed by atoms with Crippen LogP contribution in [0.1, 0.15) is 13.3 Å². The van der Waals surface area contributed by atoms with E-state index in [0.29, 0.717) is 29.0 Å². The van der Waals surface area contributed by atoms with Gasteiger partial charge in [0.1, 0.15) is 11.4 Å². The van der Waals surface area contributed by atoms with Gasteiger partial charge < -0.3 is 18.6 Å². The van der Waals surface area contributed by atoms with E-state index < -0.39 is 0 Å². The number of hydrogen-bond acceptors (Lipinski definition) is 8. The van der Waals surface area contributed by atoms with Crippen molar-refractivity contribution < 1.29 is 23.4 Å². The molecule has 0 saturated carbocycles. The van der Waals surface area contributed by atoms with E-state index in [-0.39, 0.29) is 24.1 Å². The fraction of sp³-hybridized carbons (Fsp3) is 0.357. The summed E-state index contributed by atoms with van der Waals surface area (Å²) in [5.74, 6) is 1.49. The lowest BCUT2D eigenvalue weighted by Gasteiger charge is -2.00. The van der Waals surface area contributed by atoms with E-state index in [0.717, 1.165) is 5.56 Å². The molecule has 0 radical (unpaired) electrons. The van der Waals surface area contributed by atoms with Crippen LogP contribution in [0.2, 0.25) is 0 Å². The predicted molar refractivity (Wildman–Crippen MR) is 75.7 cm³/mol. The number of ether oxygens (including phenoxy) is 3. The molecule has 1 fully saturated rings. The van der Waals surface area contributed by atoms with Crippen LogP contribution >= 0.6 is 11.8 Å². The minimum atomic E-state index is -0.292. The molecule has 1 saturated heterocycles. The Labute approximate surface area is 129 Å². The second-order valence-electron chi connectivity index (χ2n) is 5.03. The van der Waals surface area contributed by atoms with E-state index >= 15 is 0 Å². The summed E-state index contributed by atoms with van der Waals surface area (Å²) in [7, 11) is 0. The molecule has 1 aromatic heterocycles. The van der Waals surface area contributed by atoms with Crippen LogP contribution in [0, 0.1) is 0 Å². The van der Waals surface area contributed by atoms with Crippen molar-refractivity contribution in [3.63, 3.8) is 0 Å². The fourth-order valence-electron chi connectivity index (χ4n) is 2.34. The number of cyclic esters (lactones) is 1. The molecule has 0 N–H and O–H groups in total. The quantitative estimate of drug-likeness (QED) is 0.796. The zero-order valence-corrected chi connectivity index (χ0v) is 12.5. The Morgan fingerprint density at radius 2 is 2.09 bits per heavy atom. The van der Waals surface area contributed by atoms with Gasteiger partial charge in [0.05, 0.1) is 0 Å². The van der Waals surface area contributed by atoms with Crippen molar-refractivity contribution in [3.05, 3.63) is 18.2 Å². The topological polar surface area (TPSA) is 83.7 Å². The summed E-state index contributed by atoms with van der Waals surface area (Å²) in [6, 6.07) is 5.41. The fourth-order valence-corrected chi connectivity index (χ4v) is 3.32. The first-order valence-corrected chi connectivity index (χ1v) is 7.68. The average Bonchev–Trinajstić information content (AvgIpc) is 3.19. The van der Waals surface area contributed by atoms with Gasteiger partial charge in [-0.3, -0.25) is 4.79 Å². The second-order valence-corrected chi connectivity index (χ2v) is 6.18. The number of nitrogens with zero attached hydrogens (tertiary/aromatic N) is 2. The van der Waals surface area contributed by atoms with Gasteiger partial charge in [-0.15, -0.1) is 10.2 Å². The summed E-state index contributed by atoms with van der Waals surface area (Å²) in [6.07, 6.45) is 0.576. The van der Waals surface area contributed by atoms with Crippen molar-refractivity contribution in [2.75, 3.05) is 6.79 Å². The van der Waals surface area contributed by atoms with E-state index in [9.17, 15) is 4.79 Å². The van der Waals surface area contributed by atoms with Gasteiger partial charge in [-0.25, -0.2) is 0 Å². The smallest absolute Gasteiger partial charge is 0.320 e. The van der Waals surface area contributed by atoms with Crippen LogP contribution in [0.25, 0.3) is 11.5 Å². The molecular formula is C14H12N2O5S. The Morgan fingerprint density at radius 1 is 1.23 bits per heavy atom. The first-order chi connectivity index (χ1) is 10.7. The molecule has 3 heterocycles. The molecule has 0 spiro atoms. The van der Waals surface area contributed by atoms with E-state index in [4.69, 9.17) is 18.6 Å². The van der Waals surface area contributed by atoms with Crippen molar-refractivity contribution in [2.45, 2.75) is 29.9 Å². The highest BCUT2D eigenvalue weighted by Gasteiger charge is 2.34. The van der Waals surface area contributed by atoms with Crippen molar-refractivity contribution in [1.82, 2.24) is 10.2 Å². The number of hydrogen-bond donors (Lipinski definition) is 0. The normalized spacial score (nSPS) is 22.9. The van der Waals surface area contributed by atoms with Crippen LogP contribution in [0.5, 0.6) is 11.5 Å². The van der Waals surface area contributed by atoms with Gasteiger partial charge in [0.15, 0.2) is 11.5 Å². The lowest BCUT2D eigenvalue weighted by Crippen LogP contribution is -2.09. The number of carbonyl (C=O) groups is 1. The predicted octanol–water partition coefficient (Wildman–Crippen LogP) is 2.26. The number of carbonyl (C=O) groups excluding carboxylic acids is 1. The number of rotatable bonds is 3. The van der Waals surface area contributed by atoms with Gasteiger partial charge >= 0.3 is 5.97 Å². The van der Waals surface area contributed by atoms with Crippen LogP contribution in [0.4, 0.5) is 0 Å². The summed E-state index contributed by atoms with van der Waals surface area (Å²) in [5, 5.41) is 8.05. The third-order valence-electron chi connectivity index (χ3n) is 3.40. The highest BCUT2D eigenvalue weighted by molar-refractivity contribution is 8.00. The first kappa shape index (κ1) is 13.4. The molecule has 0 aliphatic carbocycles. The summed E-state index contributed by atoms with van der Waals surface area (Å²) in [5.41, 5.74) is 0.742. The number of aromatic nitrogens is 2. The monoisotopic (exact) mass is 320 g/mol. The van der Waals surface area contributed by atoms with Gasteiger partial charge in [-0.1, -0.05) is 0 Å². The third kappa shape index (κ3) is 2.39. The molecular weight excluding hydrogens is 308 g/mol. The van der Waals surface area contributed by atoms with Crippen molar-refractivity contribution in [2.24, 2.45) is 0 Å². The van der Waals surface area contributed by atoms with Crippen LogP contribution < -0.4 is 9.47 Å². The Hall–Kier alpha value is -2.22. The summed E-state index contributed by atoms with van der Waals surface area (Å²) >= 11 is 1.23. The molecule has 0 amide bonds. The Bertz CT molecular complexity index is 732. The Morgan fingerprint density at radius 3 is 2.91 bits per heavy atom. The maximum Gasteiger partial charge on any atom is 0.320 e. The van der Waals surface area contributed by atoms with Gasteiger partial charge in [0.2, 0.25) is 12.7 Å². The molecule has 7 nitrogen and oxygen atoms in total. The molecule has 2 aliphatic rings. The zero-order valence-electron chi connectivity index (χ0n) is 11.6. The van der Waals surface area contributed by atoms with Gasteiger partial charge in [-0.05, 0) is 36.9 Å². The number of benzene rings is 1. The molecule has 4 rings (SSSR count). The van der Waals surface area contributed by atoms with Crippen molar-refractivity contribution in [3.8, 4) is 23.0 Å². The summed E-state index contributed by atoms with van der Waals surface area (Å²) < 4.78 is 21.3. The number of thioether (sulfide) groups is 1. The maximum absolute atomic E-state index is 11.6. The van der Waals surface area contributed by atoms with Gasteiger partial charge in [0, 0.05) is 12.0 Å². The largest absolute Gasteiger partial charge is 0.462 e. The maximum atomic E-state index is 11.6. The Kier molecular flexibility index (Phi) is 3.18. The van der Waals surface area contributed by atoms with Gasteiger partial charge in [0.25, 0.3) is 5.22 Å². The molecule has 0 bridgehead atoms. The standard InChI is InChI=1S/C14H12N2O5S/c1-7-4-11(13(17)20-7)22-14-16-15-12(21-14)8-2-3-9-10(5-8)19-6-18-9/h2-3,5,7,11H,4,6H2,1H3. The molecule has 2 unspecified atom stereocenters. The third-order valence-corrected chi connectivity index (χ3v) is 4.43. The average molecular weight is 320 g/mol. The molecule has 8 heteroatoms. The van der Waals surface area contributed by atoms with Crippen LogP contribution in [-0.4, -0.2) is 34.3 Å². The zero-order chi connectivity index (χ0) is 15.1. The Balaban J connectivity index is 1.53. The summed E-state index contributed by atoms with van der Waals surface area (Å²) in [6.45, 7) is 2.08. The SMILES string of the molecule is CC1CC(Sc2nnc(-c3ccc4c(c3)OCO4)o2)C(=O)O1. The van der Waals surface area contributed by atoms with E-state index in [1.54, 1.807) is 12.1 Å². The van der Waals surface area contributed by atoms with E-state index in [1.165, 1.54) is 11.8 Å². The first-order valence-electron chi connectivity index (χ1n) is 6.80. The van der Waals surface area contributed by atoms with Crippen LogP contribution in [0.3, 0.4) is 0 Å². The summed E-state index contributed by atoms with van der Waals surface area (Å²) in [4.78, 5) is 11.6. The number of esters is 1. The van der Waals surface area contributed by atoms with Crippen LogP contribution in [0.15, 0.2) is 27.8 Å². The lowest BCUT2D eigenvalue weighted by molar-refractivity contribution is -0.140. The minimum absolute atomic E-state index is 0.0683. The highest BCUT2D eigenvalue weighted by Crippen LogP contribution is 2.37. The van der Waals surface area contributed by atoms with Gasteiger partial charge in [-0.2, -0.15) is 0 Å². The number of fused-ring (bicyclic) bond motifs is 1.